The maximum Gasteiger partial charge on any atom is 0.338 e. The number of carbonyl (C=O) groups excluding carboxylic acids is 2. The third-order valence-electron chi connectivity index (χ3n) is 5.15. The summed E-state index contributed by atoms with van der Waals surface area (Å²) < 4.78 is 11.1. The summed E-state index contributed by atoms with van der Waals surface area (Å²) in [6.45, 7) is 6.75. The van der Waals surface area contributed by atoms with Crippen LogP contribution >= 0.6 is 11.8 Å². The van der Waals surface area contributed by atoms with Crippen LogP contribution in [0.1, 0.15) is 41.9 Å². The van der Waals surface area contributed by atoms with Crippen LogP contribution in [-0.4, -0.2) is 35.1 Å². The van der Waals surface area contributed by atoms with E-state index in [4.69, 9.17) is 14.1 Å². The van der Waals surface area contributed by atoms with Gasteiger partial charge in [-0.05, 0) is 68.4 Å². The number of nitrogens with zero attached hydrogens (tertiary/aromatic N) is 2. The molecule has 1 aliphatic heterocycles. The first-order chi connectivity index (χ1) is 16.5. The highest BCUT2D eigenvalue weighted by atomic mass is 32.2. The number of amides is 1. The SMILES string of the molecule is CCCN1C(=O)/C(=C\c2ccc(-c3cccc(C(=O)OCC)c3)o2)SC1=Nc1ccc(C)cc1. The minimum Gasteiger partial charge on any atom is -0.462 e. The number of furan rings is 1. The van der Waals surface area contributed by atoms with Crippen LogP contribution in [0, 0.1) is 6.92 Å². The topological polar surface area (TPSA) is 72.1 Å². The highest BCUT2D eigenvalue weighted by Gasteiger charge is 2.33. The van der Waals surface area contributed by atoms with Crippen molar-refractivity contribution in [2.24, 2.45) is 4.99 Å². The van der Waals surface area contributed by atoms with E-state index < -0.39 is 0 Å². The van der Waals surface area contributed by atoms with Crippen molar-refractivity contribution in [3.05, 3.63) is 82.5 Å². The quantitative estimate of drug-likeness (QED) is 0.291. The summed E-state index contributed by atoms with van der Waals surface area (Å²) in [5.41, 5.74) is 3.19. The van der Waals surface area contributed by atoms with Crippen LogP contribution in [0.5, 0.6) is 0 Å². The minimum absolute atomic E-state index is 0.0834. The largest absolute Gasteiger partial charge is 0.462 e. The van der Waals surface area contributed by atoms with Crippen LogP contribution in [0.25, 0.3) is 17.4 Å². The fourth-order valence-corrected chi connectivity index (χ4v) is 4.48. The molecule has 1 aliphatic rings. The van der Waals surface area contributed by atoms with Gasteiger partial charge in [0.05, 0.1) is 22.8 Å². The molecule has 0 spiro atoms. The second-order valence-electron chi connectivity index (χ2n) is 7.80. The summed E-state index contributed by atoms with van der Waals surface area (Å²) in [4.78, 5) is 32.1. The molecule has 2 aromatic carbocycles. The summed E-state index contributed by atoms with van der Waals surface area (Å²) in [5, 5.41) is 0.663. The molecule has 34 heavy (non-hydrogen) atoms. The Bertz CT molecular complexity index is 1260. The second kappa shape index (κ2) is 10.6. The van der Waals surface area contributed by atoms with Crippen molar-refractivity contribution in [1.82, 2.24) is 4.90 Å². The molecule has 0 unspecified atom stereocenters. The zero-order valence-corrected chi connectivity index (χ0v) is 20.2. The lowest BCUT2D eigenvalue weighted by atomic mass is 10.1. The van der Waals surface area contributed by atoms with Gasteiger partial charge >= 0.3 is 5.97 Å². The van der Waals surface area contributed by atoms with E-state index in [1.165, 1.54) is 11.8 Å². The molecule has 2 heterocycles. The summed E-state index contributed by atoms with van der Waals surface area (Å²) in [6, 6.07) is 18.6. The van der Waals surface area contributed by atoms with Crippen LogP contribution in [-0.2, 0) is 9.53 Å². The molecule has 1 saturated heterocycles. The zero-order valence-electron chi connectivity index (χ0n) is 19.4. The Balaban J connectivity index is 1.59. The van der Waals surface area contributed by atoms with Gasteiger partial charge in [-0.15, -0.1) is 0 Å². The van der Waals surface area contributed by atoms with E-state index in [1.54, 1.807) is 36.1 Å². The Labute approximate surface area is 203 Å². The normalized spacial score (nSPS) is 16.0. The molecule has 174 valence electrons. The van der Waals surface area contributed by atoms with Crippen LogP contribution in [0.3, 0.4) is 0 Å². The molecule has 0 atom stereocenters. The number of amidine groups is 1. The van der Waals surface area contributed by atoms with Gasteiger partial charge in [0.1, 0.15) is 11.5 Å². The molecule has 0 saturated carbocycles. The summed E-state index contributed by atoms with van der Waals surface area (Å²) in [6.07, 6.45) is 2.57. The number of benzene rings is 2. The number of aliphatic imine (C=N–C) groups is 1. The van der Waals surface area contributed by atoms with Crippen molar-refractivity contribution < 1.29 is 18.7 Å². The van der Waals surface area contributed by atoms with Gasteiger partial charge in [-0.3, -0.25) is 9.69 Å². The Kier molecular flexibility index (Phi) is 7.33. The molecule has 1 aromatic heterocycles. The fourth-order valence-electron chi connectivity index (χ4n) is 3.47. The smallest absolute Gasteiger partial charge is 0.338 e. The van der Waals surface area contributed by atoms with Crippen molar-refractivity contribution in [3.8, 4) is 11.3 Å². The van der Waals surface area contributed by atoms with Crippen molar-refractivity contribution in [1.29, 1.82) is 0 Å². The lowest BCUT2D eigenvalue weighted by Crippen LogP contribution is -2.29. The molecule has 7 heteroatoms. The number of thioether (sulfide) groups is 1. The van der Waals surface area contributed by atoms with Gasteiger partial charge in [0.25, 0.3) is 5.91 Å². The number of hydrogen-bond donors (Lipinski definition) is 0. The molecule has 3 aromatic rings. The van der Waals surface area contributed by atoms with Gasteiger partial charge in [-0.25, -0.2) is 9.79 Å². The summed E-state index contributed by atoms with van der Waals surface area (Å²) in [5.74, 6) is 0.704. The van der Waals surface area contributed by atoms with E-state index in [0.29, 0.717) is 40.3 Å². The highest BCUT2D eigenvalue weighted by Crippen LogP contribution is 2.35. The lowest BCUT2D eigenvalue weighted by molar-refractivity contribution is -0.122. The molecular formula is C27H26N2O4S. The third-order valence-corrected chi connectivity index (χ3v) is 6.16. The molecular weight excluding hydrogens is 448 g/mol. The Morgan fingerprint density at radius 1 is 1.12 bits per heavy atom. The first kappa shape index (κ1) is 23.6. The summed E-state index contributed by atoms with van der Waals surface area (Å²) in [7, 11) is 0. The second-order valence-corrected chi connectivity index (χ2v) is 8.81. The van der Waals surface area contributed by atoms with Crippen LogP contribution in [0.2, 0.25) is 0 Å². The monoisotopic (exact) mass is 474 g/mol. The van der Waals surface area contributed by atoms with Gasteiger partial charge in [0, 0.05) is 18.2 Å². The van der Waals surface area contributed by atoms with Gasteiger partial charge in [0.2, 0.25) is 0 Å². The van der Waals surface area contributed by atoms with Crippen molar-refractivity contribution in [2.75, 3.05) is 13.2 Å². The molecule has 0 radical (unpaired) electrons. The predicted molar refractivity (Wildman–Crippen MR) is 136 cm³/mol. The molecule has 0 N–H and O–H groups in total. The number of carbonyl (C=O) groups is 2. The number of aryl methyl sites for hydroxylation is 1. The molecule has 6 nitrogen and oxygen atoms in total. The number of hydrogen-bond acceptors (Lipinski definition) is 6. The predicted octanol–water partition coefficient (Wildman–Crippen LogP) is 6.45. The molecule has 1 amide bonds. The van der Waals surface area contributed by atoms with Gasteiger partial charge in [0.15, 0.2) is 5.17 Å². The average Bonchev–Trinajstić information content (AvgIpc) is 3.42. The standard InChI is InChI=1S/C27H26N2O4S/c1-4-15-29-25(30)24(34-27(29)28-21-11-9-18(3)10-12-21)17-22-13-14-23(33-22)19-7-6-8-20(16-19)26(31)32-5-2/h6-14,16-17H,4-5,15H2,1-3H3/b24-17+,28-27?. The third kappa shape index (κ3) is 5.31. The zero-order chi connectivity index (χ0) is 24.1. The number of esters is 1. The van der Waals surface area contributed by atoms with Crippen LogP contribution in [0.15, 0.2) is 75.0 Å². The number of ether oxygens (including phenoxy) is 1. The number of rotatable bonds is 7. The maximum absolute atomic E-state index is 13.1. The molecule has 1 fully saturated rings. The Morgan fingerprint density at radius 3 is 2.65 bits per heavy atom. The van der Waals surface area contributed by atoms with E-state index in [9.17, 15) is 9.59 Å². The maximum atomic E-state index is 13.1. The minimum atomic E-state index is -0.373. The highest BCUT2D eigenvalue weighted by molar-refractivity contribution is 8.18. The van der Waals surface area contributed by atoms with E-state index in [0.717, 1.165) is 23.2 Å². The average molecular weight is 475 g/mol. The van der Waals surface area contributed by atoms with Gasteiger partial charge in [-0.2, -0.15) is 0 Å². The van der Waals surface area contributed by atoms with Gasteiger partial charge < -0.3 is 9.15 Å². The fraction of sp³-hybridized carbons (Fsp3) is 0.222. The van der Waals surface area contributed by atoms with Crippen LogP contribution in [0.4, 0.5) is 5.69 Å². The molecule has 0 aliphatic carbocycles. The Morgan fingerprint density at radius 2 is 1.91 bits per heavy atom. The first-order valence-electron chi connectivity index (χ1n) is 11.2. The van der Waals surface area contributed by atoms with Crippen LogP contribution < -0.4 is 0 Å². The van der Waals surface area contributed by atoms with Crippen molar-refractivity contribution >= 4 is 40.6 Å². The summed E-state index contributed by atoms with van der Waals surface area (Å²) >= 11 is 1.34. The van der Waals surface area contributed by atoms with E-state index >= 15 is 0 Å². The van der Waals surface area contributed by atoms with E-state index in [1.807, 2.05) is 56.3 Å². The molecule has 0 bridgehead atoms. The lowest BCUT2D eigenvalue weighted by Gasteiger charge is -2.13. The van der Waals surface area contributed by atoms with E-state index in [2.05, 4.69) is 0 Å². The van der Waals surface area contributed by atoms with E-state index in [-0.39, 0.29) is 11.9 Å². The van der Waals surface area contributed by atoms with Crippen molar-refractivity contribution in [2.45, 2.75) is 27.2 Å². The van der Waals surface area contributed by atoms with Crippen molar-refractivity contribution in [3.63, 3.8) is 0 Å². The Hall–Kier alpha value is -3.58. The molecule has 4 rings (SSSR count). The van der Waals surface area contributed by atoms with Gasteiger partial charge in [-0.1, -0.05) is 36.8 Å². The first-order valence-corrected chi connectivity index (χ1v) is 12.0.